The highest BCUT2D eigenvalue weighted by Gasteiger charge is 2.34. The quantitative estimate of drug-likeness (QED) is 0.839. The number of hydrogen-bond donors (Lipinski definition) is 1. The molecule has 0 radical (unpaired) electrons. The lowest BCUT2D eigenvalue weighted by Gasteiger charge is -2.41. The van der Waals surface area contributed by atoms with Crippen LogP contribution in [0.3, 0.4) is 0 Å². The van der Waals surface area contributed by atoms with Crippen molar-refractivity contribution in [2.24, 2.45) is 11.8 Å². The van der Waals surface area contributed by atoms with Crippen molar-refractivity contribution in [2.45, 2.75) is 33.2 Å². The number of anilines is 1. The van der Waals surface area contributed by atoms with Crippen molar-refractivity contribution in [3.8, 4) is 0 Å². The average Bonchev–Trinajstić information content (AvgIpc) is 2.15. The summed E-state index contributed by atoms with van der Waals surface area (Å²) in [7, 11) is 0. The number of rotatable bonds is 2. The van der Waals surface area contributed by atoms with E-state index >= 15 is 0 Å². The fraction of sp³-hybridized carbons (Fsp3) is 0.636. The van der Waals surface area contributed by atoms with Gasteiger partial charge in [-0.25, -0.2) is 9.97 Å². The average molecular weight is 270 g/mol. The van der Waals surface area contributed by atoms with Crippen molar-refractivity contribution in [1.82, 2.24) is 9.97 Å². The predicted molar refractivity (Wildman–Crippen MR) is 64.8 cm³/mol. The van der Waals surface area contributed by atoms with Crippen LogP contribution >= 0.6 is 15.9 Å². The van der Waals surface area contributed by atoms with Crippen molar-refractivity contribution < 1.29 is 0 Å². The van der Waals surface area contributed by atoms with Crippen LogP contribution in [0.2, 0.25) is 0 Å². The van der Waals surface area contributed by atoms with E-state index in [0.717, 1.165) is 28.1 Å². The second kappa shape index (κ2) is 4.08. The maximum absolute atomic E-state index is 4.36. The summed E-state index contributed by atoms with van der Waals surface area (Å²) in [6.07, 6.45) is 1.24. The van der Waals surface area contributed by atoms with Gasteiger partial charge in [0.25, 0.3) is 0 Å². The first-order valence-corrected chi connectivity index (χ1v) is 6.13. The van der Waals surface area contributed by atoms with Gasteiger partial charge in [-0.15, -0.1) is 0 Å². The Morgan fingerprint density at radius 3 is 2.67 bits per heavy atom. The van der Waals surface area contributed by atoms with Crippen molar-refractivity contribution in [1.29, 1.82) is 0 Å². The minimum atomic E-state index is 0.571. The molecule has 1 fully saturated rings. The smallest absolute Gasteiger partial charge is 0.131 e. The first-order valence-electron chi connectivity index (χ1n) is 5.34. The summed E-state index contributed by atoms with van der Waals surface area (Å²) in [5.41, 5.74) is 0. The molecule has 4 heteroatoms. The first kappa shape index (κ1) is 10.9. The molecule has 1 heterocycles. The van der Waals surface area contributed by atoms with Gasteiger partial charge in [-0.05, 0) is 41.1 Å². The standard InChI is InChI=1S/C11H16BrN3/c1-6-4-9(7(6)2)15-11-5-10(12)13-8(3)14-11/h5-7,9H,4H2,1-3H3,(H,13,14,15). The fourth-order valence-electron chi connectivity index (χ4n) is 2.02. The Bertz CT molecular complexity index is 347. The number of halogens is 1. The number of aromatic nitrogens is 2. The van der Waals surface area contributed by atoms with Gasteiger partial charge in [0, 0.05) is 12.1 Å². The Labute approximate surface area is 98.8 Å². The summed E-state index contributed by atoms with van der Waals surface area (Å²) < 4.78 is 0.845. The number of nitrogens with one attached hydrogen (secondary N) is 1. The van der Waals surface area contributed by atoms with Crippen LogP contribution in [0.4, 0.5) is 5.82 Å². The van der Waals surface area contributed by atoms with Crippen LogP contribution in [-0.4, -0.2) is 16.0 Å². The topological polar surface area (TPSA) is 37.8 Å². The Hall–Kier alpha value is -0.640. The maximum Gasteiger partial charge on any atom is 0.131 e. The zero-order valence-corrected chi connectivity index (χ0v) is 10.9. The van der Waals surface area contributed by atoms with E-state index < -0.39 is 0 Å². The Balaban J connectivity index is 2.05. The molecule has 1 N–H and O–H groups in total. The van der Waals surface area contributed by atoms with Crippen LogP contribution in [0.1, 0.15) is 26.1 Å². The molecule has 3 atom stereocenters. The zero-order chi connectivity index (χ0) is 11.0. The van der Waals surface area contributed by atoms with Gasteiger partial charge < -0.3 is 5.32 Å². The summed E-state index contributed by atoms with van der Waals surface area (Å²) >= 11 is 3.38. The van der Waals surface area contributed by atoms with Crippen molar-refractivity contribution in [2.75, 3.05) is 5.32 Å². The molecule has 1 aliphatic carbocycles. The Kier molecular flexibility index (Phi) is 2.96. The Morgan fingerprint density at radius 2 is 2.13 bits per heavy atom. The van der Waals surface area contributed by atoms with Gasteiger partial charge in [-0.1, -0.05) is 13.8 Å². The molecule has 1 aromatic heterocycles. The summed E-state index contributed by atoms with van der Waals surface area (Å²) in [5, 5.41) is 3.46. The highest BCUT2D eigenvalue weighted by Crippen LogP contribution is 2.35. The second-order valence-electron chi connectivity index (χ2n) is 4.45. The van der Waals surface area contributed by atoms with Gasteiger partial charge in [-0.2, -0.15) is 0 Å². The van der Waals surface area contributed by atoms with E-state index in [-0.39, 0.29) is 0 Å². The van der Waals surface area contributed by atoms with E-state index in [1.54, 1.807) is 0 Å². The number of aryl methyl sites for hydroxylation is 1. The predicted octanol–water partition coefficient (Wildman–Crippen LogP) is 3.00. The minimum absolute atomic E-state index is 0.571. The van der Waals surface area contributed by atoms with Gasteiger partial charge in [0.2, 0.25) is 0 Å². The SMILES string of the molecule is Cc1nc(Br)cc(NC2CC(C)C2C)n1. The van der Waals surface area contributed by atoms with Gasteiger partial charge in [-0.3, -0.25) is 0 Å². The molecule has 0 spiro atoms. The molecular formula is C11H16BrN3. The fourth-order valence-corrected chi connectivity index (χ4v) is 2.49. The van der Waals surface area contributed by atoms with Gasteiger partial charge in [0.1, 0.15) is 16.2 Å². The van der Waals surface area contributed by atoms with Gasteiger partial charge >= 0.3 is 0 Å². The van der Waals surface area contributed by atoms with E-state index in [0.29, 0.717) is 6.04 Å². The zero-order valence-electron chi connectivity index (χ0n) is 9.29. The van der Waals surface area contributed by atoms with Crippen LogP contribution in [-0.2, 0) is 0 Å². The molecule has 0 saturated heterocycles. The van der Waals surface area contributed by atoms with Crippen molar-refractivity contribution >= 4 is 21.7 Å². The van der Waals surface area contributed by atoms with E-state index in [1.807, 2.05) is 13.0 Å². The van der Waals surface area contributed by atoms with E-state index in [9.17, 15) is 0 Å². The van der Waals surface area contributed by atoms with Crippen LogP contribution in [0.25, 0.3) is 0 Å². The lowest BCUT2D eigenvalue weighted by atomic mass is 9.71. The van der Waals surface area contributed by atoms with Crippen LogP contribution in [0, 0.1) is 18.8 Å². The minimum Gasteiger partial charge on any atom is -0.367 e. The third-order valence-corrected chi connectivity index (χ3v) is 3.70. The second-order valence-corrected chi connectivity index (χ2v) is 5.26. The molecule has 3 nitrogen and oxygen atoms in total. The molecule has 82 valence electrons. The maximum atomic E-state index is 4.36. The van der Waals surface area contributed by atoms with Crippen LogP contribution < -0.4 is 5.32 Å². The summed E-state index contributed by atoms with van der Waals surface area (Å²) in [6.45, 7) is 6.49. The molecule has 3 unspecified atom stereocenters. The van der Waals surface area contributed by atoms with Crippen LogP contribution in [0.5, 0.6) is 0 Å². The number of hydrogen-bond acceptors (Lipinski definition) is 3. The molecule has 1 aromatic rings. The summed E-state index contributed by atoms with van der Waals surface area (Å²) in [6, 6.07) is 2.50. The molecule has 2 rings (SSSR count). The largest absolute Gasteiger partial charge is 0.367 e. The van der Waals surface area contributed by atoms with Crippen molar-refractivity contribution in [3.05, 3.63) is 16.5 Å². The number of nitrogens with zero attached hydrogens (tertiary/aromatic N) is 2. The molecule has 0 aromatic carbocycles. The molecule has 15 heavy (non-hydrogen) atoms. The van der Waals surface area contributed by atoms with E-state index in [4.69, 9.17) is 0 Å². The van der Waals surface area contributed by atoms with E-state index in [1.165, 1.54) is 6.42 Å². The molecule has 1 saturated carbocycles. The van der Waals surface area contributed by atoms with E-state index in [2.05, 4.69) is 45.1 Å². The highest BCUT2D eigenvalue weighted by molar-refractivity contribution is 9.10. The molecule has 0 bridgehead atoms. The Morgan fingerprint density at radius 1 is 1.40 bits per heavy atom. The third kappa shape index (κ3) is 2.30. The first-order chi connectivity index (χ1) is 7.06. The monoisotopic (exact) mass is 269 g/mol. The van der Waals surface area contributed by atoms with Gasteiger partial charge in [0.05, 0.1) is 0 Å². The lowest BCUT2D eigenvalue weighted by Crippen LogP contribution is -2.43. The molecule has 0 aliphatic heterocycles. The summed E-state index contributed by atoms with van der Waals surface area (Å²) in [4.78, 5) is 8.55. The lowest BCUT2D eigenvalue weighted by molar-refractivity contribution is 0.188. The molecule has 0 amide bonds. The third-order valence-electron chi connectivity index (χ3n) is 3.30. The summed E-state index contributed by atoms with van der Waals surface area (Å²) in [5.74, 6) is 3.29. The highest BCUT2D eigenvalue weighted by atomic mass is 79.9. The normalized spacial score (nSPS) is 29.7. The molecular weight excluding hydrogens is 254 g/mol. The van der Waals surface area contributed by atoms with Crippen LogP contribution in [0.15, 0.2) is 10.7 Å². The van der Waals surface area contributed by atoms with Gasteiger partial charge in [0.15, 0.2) is 0 Å². The molecule has 1 aliphatic rings. The van der Waals surface area contributed by atoms with Crippen molar-refractivity contribution in [3.63, 3.8) is 0 Å².